The Bertz CT molecular complexity index is 872. The third kappa shape index (κ3) is 2.94. The third-order valence-electron chi connectivity index (χ3n) is 3.15. The predicted molar refractivity (Wildman–Crippen MR) is 85.4 cm³/mol. The van der Waals surface area contributed by atoms with Crippen molar-refractivity contribution in [1.82, 2.24) is 14.2 Å². The van der Waals surface area contributed by atoms with Crippen molar-refractivity contribution in [2.75, 3.05) is 5.32 Å². The SMILES string of the molecule is Cn1ncc([N+](=O)[O-])c1C(=O)Nc1cc(-c2ccccc2)ns1. The second-order valence-corrected chi connectivity index (χ2v) is 5.46. The number of rotatable bonds is 4. The van der Waals surface area contributed by atoms with Crippen LogP contribution >= 0.6 is 11.5 Å². The Hall–Kier alpha value is -3.07. The van der Waals surface area contributed by atoms with E-state index in [9.17, 15) is 14.9 Å². The number of nitrogens with zero attached hydrogens (tertiary/aromatic N) is 4. The molecule has 0 spiro atoms. The molecule has 9 heteroatoms. The van der Waals surface area contributed by atoms with E-state index in [-0.39, 0.29) is 11.4 Å². The Morgan fingerprint density at radius 1 is 1.35 bits per heavy atom. The minimum absolute atomic E-state index is 0.107. The molecule has 8 nitrogen and oxygen atoms in total. The molecule has 1 amide bonds. The lowest BCUT2D eigenvalue weighted by Crippen LogP contribution is -2.17. The van der Waals surface area contributed by atoms with E-state index in [1.807, 2.05) is 30.3 Å². The van der Waals surface area contributed by atoms with Crippen molar-refractivity contribution >= 4 is 28.1 Å². The summed E-state index contributed by atoms with van der Waals surface area (Å²) in [5.41, 5.74) is 1.21. The van der Waals surface area contributed by atoms with Crippen LogP contribution in [0.4, 0.5) is 10.7 Å². The van der Waals surface area contributed by atoms with E-state index < -0.39 is 10.8 Å². The van der Waals surface area contributed by atoms with Gasteiger partial charge in [-0.25, -0.2) is 0 Å². The molecule has 3 aromatic rings. The molecule has 0 atom stereocenters. The van der Waals surface area contributed by atoms with E-state index in [0.29, 0.717) is 5.00 Å². The van der Waals surface area contributed by atoms with Crippen LogP contribution in [0.5, 0.6) is 0 Å². The number of nitrogens with one attached hydrogen (secondary N) is 1. The fourth-order valence-electron chi connectivity index (χ4n) is 2.07. The van der Waals surface area contributed by atoms with Gasteiger partial charge in [-0.3, -0.25) is 19.6 Å². The number of aromatic nitrogens is 3. The third-order valence-corrected chi connectivity index (χ3v) is 3.85. The molecule has 0 aliphatic heterocycles. The maximum atomic E-state index is 12.3. The molecule has 23 heavy (non-hydrogen) atoms. The molecular weight excluding hydrogens is 318 g/mol. The first kappa shape index (κ1) is 14.9. The van der Waals surface area contributed by atoms with Crippen LogP contribution in [0.3, 0.4) is 0 Å². The highest BCUT2D eigenvalue weighted by molar-refractivity contribution is 7.10. The topological polar surface area (TPSA) is 103 Å². The van der Waals surface area contributed by atoms with Crippen LogP contribution in [0.2, 0.25) is 0 Å². The van der Waals surface area contributed by atoms with Crippen molar-refractivity contribution in [1.29, 1.82) is 0 Å². The Labute approximate surface area is 134 Å². The number of anilines is 1. The molecule has 0 saturated heterocycles. The van der Waals surface area contributed by atoms with Crippen LogP contribution in [-0.2, 0) is 7.05 Å². The lowest BCUT2D eigenvalue weighted by Gasteiger charge is -2.01. The molecule has 116 valence electrons. The normalized spacial score (nSPS) is 10.5. The largest absolute Gasteiger partial charge is 0.320 e. The second kappa shape index (κ2) is 5.97. The van der Waals surface area contributed by atoms with Gasteiger partial charge >= 0.3 is 5.69 Å². The van der Waals surface area contributed by atoms with Crippen molar-refractivity contribution in [3.05, 3.63) is 58.4 Å². The van der Waals surface area contributed by atoms with Gasteiger partial charge in [0.2, 0.25) is 5.69 Å². The van der Waals surface area contributed by atoms with Crippen molar-refractivity contribution < 1.29 is 9.72 Å². The van der Waals surface area contributed by atoms with Crippen molar-refractivity contribution in [3.63, 3.8) is 0 Å². The first-order valence-electron chi connectivity index (χ1n) is 6.56. The molecule has 0 bridgehead atoms. The van der Waals surface area contributed by atoms with Gasteiger partial charge in [0, 0.05) is 18.7 Å². The number of amides is 1. The first-order valence-corrected chi connectivity index (χ1v) is 7.33. The maximum absolute atomic E-state index is 12.3. The van der Waals surface area contributed by atoms with Crippen LogP contribution in [0.25, 0.3) is 11.3 Å². The van der Waals surface area contributed by atoms with Crippen LogP contribution in [-0.4, -0.2) is 25.0 Å². The summed E-state index contributed by atoms with van der Waals surface area (Å²) >= 11 is 1.11. The number of benzene rings is 1. The zero-order valence-corrected chi connectivity index (χ0v) is 12.8. The van der Waals surface area contributed by atoms with Gasteiger partial charge in [-0.15, -0.1) is 0 Å². The Morgan fingerprint density at radius 3 is 2.78 bits per heavy atom. The Kier molecular flexibility index (Phi) is 3.85. The van der Waals surface area contributed by atoms with E-state index in [1.165, 1.54) is 11.7 Å². The highest BCUT2D eigenvalue weighted by atomic mass is 32.1. The molecule has 1 N–H and O–H groups in total. The van der Waals surface area contributed by atoms with E-state index in [1.54, 1.807) is 6.07 Å². The number of hydrogen-bond acceptors (Lipinski definition) is 6. The smallest absolute Gasteiger partial charge is 0.311 e. The zero-order chi connectivity index (χ0) is 16.4. The van der Waals surface area contributed by atoms with E-state index >= 15 is 0 Å². The summed E-state index contributed by atoms with van der Waals surface area (Å²) in [6, 6.07) is 11.2. The average Bonchev–Trinajstić information content (AvgIpc) is 3.15. The maximum Gasteiger partial charge on any atom is 0.320 e. The molecule has 0 saturated carbocycles. The summed E-state index contributed by atoms with van der Waals surface area (Å²) in [6.07, 6.45) is 1.05. The minimum atomic E-state index is -0.635. The summed E-state index contributed by atoms with van der Waals surface area (Å²) < 4.78 is 5.44. The molecule has 2 heterocycles. The quantitative estimate of drug-likeness (QED) is 0.585. The number of nitro groups is 1. The van der Waals surface area contributed by atoms with Gasteiger partial charge in [-0.1, -0.05) is 30.3 Å². The number of hydrogen-bond donors (Lipinski definition) is 1. The van der Waals surface area contributed by atoms with Crippen LogP contribution in [0.15, 0.2) is 42.6 Å². The molecule has 3 rings (SSSR count). The van der Waals surface area contributed by atoms with E-state index in [0.717, 1.165) is 29.0 Å². The van der Waals surface area contributed by atoms with Gasteiger partial charge in [0.25, 0.3) is 5.91 Å². The number of carbonyl (C=O) groups excluding carboxylic acids is 1. The average molecular weight is 329 g/mol. The van der Waals surface area contributed by atoms with Gasteiger partial charge in [0.15, 0.2) is 0 Å². The fourth-order valence-corrected chi connectivity index (χ4v) is 2.73. The number of carbonyl (C=O) groups is 1. The monoisotopic (exact) mass is 329 g/mol. The van der Waals surface area contributed by atoms with E-state index in [2.05, 4.69) is 14.8 Å². The van der Waals surface area contributed by atoms with Crippen molar-refractivity contribution in [2.24, 2.45) is 7.05 Å². The van der Waals surface area contributed by atoms with Crippen LogP contribution in [0.1, 0.15) is 10.5 Å². The minimum Gasteiger partial charge on any atom is -0.311 e. The highest BCUT2D eigenvalue weighted by Crippen LogP contribution is 2.26. The summed E-state index contributed by atoms with van der Waals surface area (Å²) in [6.45, 7) is 0. The van der Waals surface area contributed by atoms with Gasteiger partial charge in [-0.2, -0.15) is 9.47 Å². The number of aryl methyl sites for hydroxylation is 1. The van der Waals surface area contributed by atoms with E-state index in [4.69, 9.17) is 0 Å². The summed E-state index contributed by atoms with van der Waals surface area (Å²) in [5, 5.41) is 17.8. The summed E-state index contributed by atoms with van der Waals surface area (Å²) in [4.78, 5) is 22.6. The predicted octanol–water partition coefficient (Wildman–Crippen LogP) is 2.70. The molecule has 1 aromatic carbocycles. The van der Waals surface area contributed by atoms with Gasteiger partial charge in [-0.05, 0) is 11.5 Å². The Morgan fingerprint density at radius 2 is 2.09 bits per heavy atom. The van der Waals surface area contributed by atoms with Gasteiger partial charge in [0.1, 0.15) is 11.2 Å². The first-order chi connectivity index (χ1) is 11.1. The van der Waals surface area contributed by atoms with Gasteiger partial charge < -0.3 is 5.32 Å². The lowest BCUT2D eigenvalue weighted by molar-refractivity contribution is -0.385. The standard InChI is InChI=1S/C14H11N5O3S/c1-18-13(11(8-15-18)19(21)22)14(20)16-12-7-10(17-23-12)9-5-3-2-4-6-9/h2-8H,1H3,(H,16,20). The summed E-state index contributed by atoms with van der Waals surface area (Å²) in [5.74, 6) is -0.597. The van der Waals surface area contributed by atoms with Crippen molar-refractivity contribution in [2.45, 2.75) is 0 Å². The molecule has 0 unspecified atom stereocenters. The molecule has 0 aliphatic carbocycles. The molecule has 2 aromatic heterocycles. The highest BCUT2D eigenvalue weighted by Gasteiger charge is 2.25. The molecule has 0 fully saturated rings. The van der Waals surface area contributed by atoms with Gasteiger partial charge in [0.05, 0.1) is 10.6 Å². The molecular formula is C14H11N5O3S. The van der Waals surface area contributed by atoms with Crippen molar-refractivity contribution in [3.8, 4) is 11.3 Å². The van der Waals surface area contributed by atoms with Crippen LogP contribution in [0, 0.1) is 10.1 Å². The molecule has 0 radical (unpaired) electrons. The lowest BCUT2D eigenvalue weighted by atomic mass is 10.2. The second-order valence-electron chi connectivity index (χ2n) is 4.66. The zero-order valence-electron chi connectivity index (χ0n) is 12.0. The van der Waals surface area contributed by atoms with Crippen LogP contribution < -0.4 is 5.32 Å². The summed E-state index contributed by atoms with van der Waals surface area (Å²) in [7, 11) is 1.48. The fraction of sp³-hybridized carbons (Fsp3) is 0.0714. The molecule has 0 aliphatic rings. The Balaban J connectivity index is 1.83.